The molecule has 0 aliphatic carbocycles. The van der Waals surface area contributed by atoms with E-state index in [1.807, 2.05) is 51.1 Å². The minimum absolute atomic E-state index is 0.0106. The van der Waals surface area contributed by atoms with Gasteiger partial charge in [-0.15, -0.1) is 0 Å². The van der Waals surface area contributed by atoms with E-state index >= 15 is 0 Å². The molecule has 0 aromatic heterocycles. The van der Waals surface area contributed by atoms with E-state index in [1.54, 1.807) is 0 Å². The molecule has 0 heterocycles. The number of nitrogens with one attached hydrogen (secondary N) is 3. The number of carbonyl (C=O) groups excluding carboxylic acids is 1. The van der Waals surface area contributed by atoms with Crippen molar-refractivity contribution in [3.05, 3.63) is 30.3 Å². The highest BCUT2D eigenvalue weighted by molar-refractivity contribution is 5.94. The number of carbonyl (C=O) groups is 1. The number of benzene rings is 1. The van der Waals surface area contributed by atoms with Crippen LogP contribution in [0.15, 0.2) is 35.3 Å². The molecule has 104 valence electrons. The predicted octanol–water partition coefficient (Wildman–Crippen LogP) is 0.833. The van der Waals surface area contributed by atoms with Crippen LogP contribution in [-0.2, 0) is 4.79 Å². The maximum atomic E-state index is 11.6. The molecular weight excluding hydrogens is 242 g/mol. The number of nitrogens with two attached hydrogens (primary N) is 1. The molecule has 0 fully saturated rings. The lowest BCUT2D eigenvalue weighted by Gasteiger charge is -2.19. The first kappa shape index (κ1) is 15.0. The van der Waals surface area contributed by atoms with Gasteiger partial charge in [0.2, 0.25) is 11.9 Å². The van der Waals surface area contributed by atoms with Gasteiger partial charge in [0, 0.05) is 11.2 Å². The molecule has 6 heteroatoms. The molecule has 0 unspecified atom stereocenters. The van der Waals surface area contributed by atoms with Crippen molar-refractivity contribution in [2.75, 3.05) is 11.9 Å². The van der Waals surface area contributed by atoms with Crippen molar-refractivity contribution in [1.82, 2.24) is 10.7 Å². The fraction of sp³-hybridized carbons (Fsp3) is 0.385. The van der Waals surface area contributed by atoms with Gasteiger partial charge in [-0.2, -0.15) is 0 Å². The zero-order valence-corrected chi connectivity index (χ0v) is 11.5. The smallest absolute Gasteiger partial charge is 0.242 e. The van der Waals surface area contributed by atoms with Gasteiger partial charge in [0.25, 0.3) is 0 Å². The second-order valence-electron chi connectivity index (χ2n) is 5.10. The lowest BCUT2D eigenvalue weighted by atomic mass is 10.1. The number of nitrogens with zero attached hydrogens (tertiary/aromatic N) is 1. The van der Waals surface area contributed by atoms with E-state index in [0.717, 1.165) is 5.69 Å². The fourth-order valence-corrected chi connectivity index (χ4v) is 1.39. The van der Waals surface area contributed by atoms with Crippen LogP contribution < -0.4 is 21.9 Å². The Morgan fingerprint density at radius 2 is 1.89 bits per heavy atom. The number of amides is 1. The number of hydrazine groups is 1. The van der Waals surface area contributed by atoms with Crippen LogP contribution in [0.5, 0.6) is 0 Å². The maximum absolute atomic E-state index is 11.6. The molecule has 0 saturated heterocycles. The lowest BCUT2D eigenvalue weighted by molar-refractivity contribution is -0.121. The molecule has 1 aromatic carbocycles. The van der Waals surface area contributed by atoms with Gasteiger partial charge in [0.15, 0.2) is 0 Å². The van der Waals surface area contributed by atoms with Crippen molar-refractivity contribution in [3.63, 3.8) is 0 Å². The average Bonchev–Trinajstić information content (AvgIpc) is 2.33. The summed E-state index contributed by atoms with van der Waals surface area (Å²) in [5.74, 6) is 5.54. The first-order valence-corrected chi connectivity index (χ1v) is 6.05. The first-order valence-electron chi connectivity index (χ1n) is 6.05. The highest BCUT2D eigenvalue weighted by Crippen LogP contribution is 2.04. The molecule has 19 heavy (non-hydrogen) atoms. The van der Waals surface area contributed by atoms with E-state index in [0.29, 0.717) is 5.96 Å². The molecule has 0 saturated carbocycles. The summed E-state index contributed by atoms with van der Waals surface area (Å²) in [5, 5.41) is 5.80. The van der Waals surface area contributed by atoms with Crippen LogP contribution in [0, 0.1) is 0 Å². The Bertz CT molecular complexity index is 436. The van der Waals surface area contributed by atoms with E-state index in [1.165, 1.54) is 0 Å². The summed E-state index contributed by atoms with van der Waals surface area (Å²) < 4.78 is 0. The quantitative estimate of drug-likeness (QED) is 0.281. The van der Waals surface area contributed by atoms with Crippen molar-refractivity contribution in [1.29, 1.82) is 0 Å². The summed E-state index contributed by atoms with van der Waals surface area (Å²) in [4.78, 5) is 15.7. The number of guanidine groups is 1. The largest absolute Gasteiger partial charge is 0.350 e. The summed E-state index contributed by atoms with van der Waals surface area (Å²) in [6, 6.07) is 9.45. The molecule has 0 bridgehead atoms. The van der Waals surface area contributed by atoms with Crippen LogP contribution in [-0.4, -0.2) is 24.0 Å². The minimum atomic E-state index is -0.268. The Hall–Kier alpha value is -2.08. The summed E-state index contributed by atoms with van der Waals surface area (Å²) >= 11 is 0. The number of hydrogen-bond donors (Lipinski definition) is 4. The summed E-state index contributed by atoms with van der Waals surface area (Å²) in [5.41, 5.74) is 3.00. The van der Waals surface area contributed by atoms with Gasteiger partial charge in [0.05, 0.1) is 0 Å². The molecule has 1 aromatic rings. The standard InChI is InChI=1S/C13H21N5O/c1-13(2,3)17-11(19)9-15-12(18-14)16-10-7-5-4-6-8-10/h4-8H,9,14H2,1-3H3,(H,17,19)(H2,15,16,18). The SMILES string of the molecule is CC(C)(C)NC(=O)CN=C(NN)Nc1ccccc1. The van der Waals surface area contributed by atoms with Crippen molar-refractivity contribution >= 4 is 17.6 Å². The van der Waals surface area contributed by atoms with Gasteiger partial charge >= 0.3 is 0 Å². The molecular formula is C13H21N5O. The number of para-hydroxylation sites is 1. The summed E-state index contributed by atoms with van der Waals surface area (Å²) in [6.07, 6.45) is 0. The molecule has 1 rings (SSSR count). The van der Waals surface area contributed by atoms with E-state index in [9.17, 15) is 4.79 Å². The van der Waals surface area contributed by atoms with E-state index in [4.69, 9.17) is 5.84 Å². The molecule has 6 nitrogen and oxygen atoms in total. The van der Waals surface area contributed by atoms with E-state index in [-0.39, 0.29) is 18.0 Å². The van der Waals surface area contributed by atoms with Crippen molar-refractivity contribution in [2.45, 2.75) is 26.3 Å². The van der Waals surface area contributed by atoms with Crippen LogP contribution in [0.3, 0.4) is 0 Å². The number of anilines is 1. The Labute approximate surface area is 113 Å². The van der Waals surface area contributed by atoms with Gasteiger partial charge < -0.3 is 10.6 Å². The Balaban J connectivity index is 2.55. The normalized spacial score (nSPS) is 11.9. The first-order chi connectivity index (χ1) is 8.90. The summed E-state index contributed by atoms with van der Waals surface area (Å²) in [6.45, 7) is 5.76. The second-order valence-corrected chi connectivity index (χ2v) is 5.10. The molecule has 0 radical (unpaired) electrons. The van der Waals surface area contributed by atoms with Gasteiger partial charge in [0.1, 0.15) is 6.54 Å². The molecule has 0 spiro atoms. The van der Waals surface area contributed by atoms with Crippen LogP contribution in [0.25, 0.3) is 0 Å². The van der Waals surface area contributed by atoms with Crippen LogP contribution in [0.4, 0.5) is 5.69 Å². The zero-order chi connectivity index (χ0) is 14.3. The molecule has 1 amide bonds. The van der Waals surface area contributed by atoms with Crippen molar-refractivity contribution < 1.29 is 4.79 Å². The highest BCUT2D eigenvalue weighted by Gasteiger charge is 2.13. The summed E-state index contributed by atoms with van der Waals surface area (Å²) in [7, 11) is 0. The van der Waals surface area contributed by atoms with Crippen molar-refractivity contribution in [3.8, 4) is 0 Å². The Kier molecular flexibility index (Phi) is 5.32. The number of aliphatic imine (C=N–C) groups is 1. The number of hydrogen-bond acceptors (Lipinski definition) is 3. The minimum Gasteiger partial charge on any atom is -0.350 e. The Morgan fingerprint density at radius 3 is 2.42 bits per heavy atom. The molecule has 5 N–H and O–H groups in total. The average molecular weight is 263 g/mol. The van der Waals surface area contributed by atoms with Crippen molar-refractivity contribution in [2.24, 2.45) is 10.8 Å². The van der Waals surface area contributed by atoms with Gasteiger partial charge in [-0.1, -0.05) is 18.2 Å². The lowest BCUT2D eigenvalue weighted by Crippen LogP contribution is -2.43. The molecule has 0 aliphatic heterocycles. The second kappa shape index (κ2) is 6.75. The van der Waals surface area contributed by atoms with E-state index < -0.39 is 0 Å². The van der Waals surface area contributed by atoms with E-state index in [2.05, 4.69) is 21.1 Å². The Morgan fingerprint density at radius 1 is 1.26 bits per heavy atom. The zero-order valence-electron chi connectivity index (χ0n) is 11.5. The van der Waals surface area contributed by atoms with Gasteiger partial charge in [-0.25, -0.2) is 10.8 Å². The van der Waals surface area contributed by atoms with Gasteiger partial charge in [-0.05, 0) is 32.9 Å². The highest BCUT2D eigenvalue weighted by atomic mass is 16.2. The van der Waals surface area contributed by atoms with Crippen LogP contribution >= 0.6 is 0 Å². The number of rotatable bonds is 3. The topological polar surface area (TPSA) is 91.5 Å². The predicted molar refractivity (Wildman–Crippen MR) is 77.6 cm³/mol. The third-order valence-electron chi connectivity index (χ3n) is 2.07. The third-order valence-corrected chi connectivity index (χ3v) is 2.07. The van der Waals surface area contributed by atoms with Gasteiger partial charge in [-0.3, -0.25) is 10.2 Å². The molecule has 0 atom stereocenters. The third kappa shape index (κ3) is 6.42. The maximum Gasteiger partial charge on any atom is 0.242 e. The van der Waals surface area contributed by atoms with Crippen LogP contribution in [0.1, 0.15) is 20.8 Å². The fourth-order valence-electron chi connectivity index (χ4n) is 1.39. The van der Waals surface area contributed by atoms with Crippen LogP contribution in [0.2, 0.25) is 0 Å². The molecule has 0 aliphatic rings. The monoisotopic (exact) mass is 263 g/mol.